The van der Waals surface area contributed by atoms with Crippen LogP contribution >= 0.6 is 34.5 Å². The van der Waals surface area contributed by atoms with E-state index >= 15 is 0 Å². The molecule has 6 rings (SSSR count). The Morgan fingerprint density at radius 3 is 1.77 bits per heavy atom. The van der Waals surface area contributed by atoms with Crippen LogP contribution in [0.4, 0.5) is 0 Å². The molecule has 0 saturated heterocycles. The summed E-state index contributed by atoms with van der Waals surface area (Å²) in [4.78, 5) is 28.2. The lowest BCUT2D eigenvalue weighted by Gasteiger charge is -2.27. The molecule has 1 aliphatic rings. The van der Waals surface area contributed by atoms with Gasteiger partial charge in [-0.25, -0.2) is 0 Å². The van der Waals surface area contributed by atoms with Crippen LogP contribution in [0.15, 0.2) is 72.3 Å². The monoisotopic (exact) mass is 625 g/mol. The zero-order valence-corrected chi connectivity index (χ0v) is 27.7. The number of rotatable bonds is 3. The average Bonchev–Trinajstić information content (AvgIpc) is 3.55. The molecule has 2 heterocycles. The number of Topliss-reactive ketones (excluding diaryl/α,β-unsaturated/α-hetero) is 2. The Balaban J connectivity index is 1.61. The first kappa shape index (κ1) is 29.6. The van der Waals surface area contributed by atoms with E-state index < -0.39 is 0 Å². The third-order valence-corrected chi connectivity index (χ3v) is 9.94. The van der Waals surface area contributed by atoms with Crippen molar-refractivity contribution in [2.24, 2.45) is 0 Å². The number of benzene rings is 3. The molecular formula is C37H33Cl2NO2S. The summed E-state index contributed by atoms with van der Waals surface area (Å²) in [7, 11) is 0. The molecule has 1 aliphatic carbocycles. The van der Waals surface area contributed by atoms with Gasteiger partial charge in [0, 0.05) is 27.4 Å². The van der Waals surface area contributed by atoms with E-state index in [-0.39, 0.29) is 49.1 Å². The van der Waals surface area contributed by atoms with Gasteiger partial charge in [-0.2, -0.15) is 0 Å². The van der Waals surface area contributed by atoms with Crippen LogP contribution in [0.2, 0.25) is 10.0 Å². The number of nitrogens with zero attached hydrogens (tertiary/aromatic N) is 1. The molecule has 0 amide bonds. The van der Waals surface area contributed by atoms with Crippen LogP contribution < -0.4 is 0 Å². The highest BCUT2D eigenvalue weighted by atomic mass is 35.5. The smallest absolute Gasteiger partial charge is 0.197 e. The third kappa shape index (κ3) is 5.31. The predicted molar refractivity (Wildman–Crippen MR) is 182 cm³/mol. The number of thiophene rings is 1. The van der Waals surface area contributed by atoms with Crippen molar-refractivity contribution in [1.29, 1.82) is 0 Å². The summed E-state index contributed by atoms with van der Waals surface area (Å²) in [5, 5.41) is 0.507. The quantitative estimate of drug-likeness (QED) is 0.148. The first-order chi connectivity index (χ1) is 20.1. The Hall–Kier alpha value is -3.44. The van der Waals surface area contributed by atoms with Crippen molar-refractivity contribution in [3.05, 3.63) is 116 Å². The lowest BCUT2D eigenvalue weighted by Crippen LogP contribution is -2.17. The molecule has 0 atom stereocenters. The standard InChI is InChI=1S/C37H33Cl2NO2S/c1-20-8-10-21(11-9-20)32-19-31-33(43-32)16-25(15-28-34(41)26-17-29(38)30(39)18-27(26)35(28)42)40(31)24-13-22(36(2,3)4)12-23(14-24)37(5,6)7/h8-19H,1-7H3. The van der Waals surface area contributed by atoms with Gasteiger partial charge in [0.2, 0.25) is 0 Å². The highest BCUT2D eigenvalue weighted by Gasteiger charge is 2.34. The number of hydrogen-bond donors (Lipinski definition) is 0. The number of fused-ring (bicyclic) bond motifs is 2. The van der Waals surface area contributed by atoms with Gasteiger partial charge in [0.1, 0.15) is 0 Å². The van der Waals surface area contributed by atoms with E-state index in [1.54, 1.807) is 17.4 Å². The van der Waals surface area contributed by atoms with Crippen LogP contribution in [0.1, 0.15) is 84.6 Å². The van der Waals surface area contributed by atoms with Crippen LogP contribution in [0.5, 0.6) is 0 Å². The summed E-state index contributed by atoms with van der Waals surface area (Å²) in [6.07, 6.45) is 1.73. The normalized spacial score (nSPS) is 13.7. The Kier molecular flexibility index (Phi) is 7.12. The number of halogens is 2. The topological polar surface area (TPSA) is 39.1 Å². The molecular weight excluding hydrogens is 593 g/mol. The molecule has 0 bridgehead atoms. The SMILES string of the molecule is Cc1ccc(-c2cc3c(cc(C=C4C(=O)c5cc(Cl)c(Cl)cc5C4=O)n3-c3cc(C(C)(C)C)cc(C(C)(C)C)c3)s2)cc1. The molecule has 0 spiro atoms. The van der Waals surface area contributed by atoms with E-state index in [9.17, 15) is 9.59 Å². The minimum atomic E-state index is -0.339. The number of allylic oxidation sites excluding steroid dienone is 1. The second kappa shape index (κ2) is 10.3. The van der Waals surface area contributed by atoms with Crippen molar-refractivity contribution >= 4 is 62.4 Å². The highest BCUT2D eigenvalue weighted by Crippen LogP contribution is 2.41. The van der Waals surface area contributed by atoms with Gasteiger partial charge >= 0.3 is 0 Å². The lowest BCUT2D eigenvalue weighted by molar-refractivity contribution is 0.0990. The zero-order chi connectivity index (χ0) is 31.0. The predicted octanol–water partition coefficient (Wildman–Crippen LogP) is 11.0. The summed E-state index contributed by atoms with van der Waals surface area (Å²) >= 11 is 14.1. The van der Waals surface area contributed by atoms with Gasteiger partial charge < -0.3 is 4.57 Å². The van der Waals surface area contributed by atoms with E-state index in [4.69, 9.17) is 23.2 Å². The average molecular weight is 627 g/mol. The van der Waals surface area contributed by atoms with Crippen LogP contribution in [-0.2, 0) is 10.8 Å². The molecule has 43 heavy (non-hydrogen) atoms. The summed E-state index contributed by atoms with van der Waals surface area (Å²) in [5.41, 5.74) is 8.12. The Morgan fingerprint density at radius 2 is 1.26 bits per heavy atom. The van der Waals surface area contributed by atoms with Gasteiger partial charge in [-0.15, -0.1) is 11.3 Å². The second-order valence-corrected chi connectivity index (χ2v) is 15.3. The maximum atomic E-state index is 13.5. The molecule has 0 unspecified atom stereocenters. The van der Waals surface area contributed by atoms with Crippen molar-refractivity contribution in [2.75, 3.05) is 0 Å². The third-order valence-electron chi connectivity index (χ3n) is 8.09. The second-order valence-electron chi connectivity index (χ2n) is 13.4. The summed E-state index contributed by atoms with van der Waals surface area (Å²) in [6, 6.07) is 22.6. The van der Waals surface area contributed by atoms with Gasteiger partial charge in [0.05, 0.1) is 25.8 Å². The maximum absolute atomic E-state index is 13.5. The number of hydrogen-bond acceptors (Lipinski definition) is 3. The number of carbonyl (C=O) groups is 2. The summed E-state index contributed by atoms with van der Waals surface area (Å²) in [5.74, 6) is -0.678. The van der Waals surface area contributed by atoms with Gasteiger partial charge in [-0.1, -0.05) is 101 Å². The maximum Gasteiger partial charge on any atom is 0.197 e. The number of aryl methyl sites for hydroxylation is 1. The van der Waals surface area contributed by atoms with Crippen molar-refractivity contribution in [2.45, 2.75) is 59.3 Å². The molecule has 0 radical (unpaired) electrons. The van der Waals surface area contributed by atoms with Crippen molar-refractivity contribution in [3.63, 3.8) is 0 Å². The molecule has 3 nitrogen and oxygen atoms in total. The lowest BCUT2D eigenvalue weighted by atomic mass is 9.80. The Bertz CT molecular complexity index is 1920. The first-order valence-electron chi connectivity index (χ1n) is 14.3. The zero-order valence-electron chi connectivity index (χ0n) is 25.4. The van der Waals surface area contributed by atoms with Crippen LogP contribution in [-0.4, -0.2) is 16.1 Å². The van der Waals surface area contributed by atoms with Gasteiger partial charge in [-0.05, 0) is 76.9 Å². The fraction of sp³-hybridized carbons (Fsp3) is 0.243. The first-order valence-corrected chi connectivity index (χ1v) is 15.9. The van der Waals surface area contributed by atoms with Gasteiger partial charge in [0.15, 0.2) is 11.6 Å². The van der Waals surface area contributed by atoms with Crippen LogP contribution in [0.25, 0.3) is 32.4 Å². The largest absolute Gasteiger partial charge is 0.309 e. The molecule has 0 N–H and O–H groups in total. The summed E-state index contributed by atoms with van der Waals surface area (Å²) in [6.45, 7) is 15.4. The molecule has 6 heteroatoms. The highest BCUT2D eigenvalue weighted by molar-refractivity contribution is 7.22. The minimum absolute atomic E-state index is 0.0832. The molecule has 2 aromatic heterocycles. The molecule has 0 saturated carbocycles. The summed E-state index contributed by atoms with van der Waals surface area (Å²) < 4.78 is 3.26. The molecule has 218 valence electrons. The van der Waals surface area contributed by atoms with Crippen LogP contribution in [0, 0.1) is 6.92 Å². The van der Waals surface area contributed by atoms with Gasteiger partial charge in [0.25, 0.3) is 0 Å². The Labute approximate surface area is 266 Å². The van der Waals surface area contributed by atoms with Crippen molar-refractivity contribution in [1.82, 2.24) is 4.57 Å². The minimum Gasteiger partial charge on any atom is -0.309 e. The molecule has 3 aromatic carbocycles. The molecule has 0 aliphatic heterocycles. The molecule has 5 aromatic rings. The van der Waals surface area contributed by atoms with E-state index in [1.807, 2.05) is 0 Å². The van der Waals surface area contributed by atoms with Crippen molar-refractivity contribution in [3.8, 4) is 16.1 Å². The Morgan fingerprint density at radius 1 is 0.721 bits per heavy atom. The fourth-order valence-electron chi connectivity index (χ4n) is 5.47. The number of carbonyl (C=O) groups excluding carboxylic acids is 2. The van der Waals surface area contributed by atoms with E-state index in [0.29, 0.717) is 0 Å². The van der Waals surface area contributed by atoms with Crippen molar-refractivity contribution < 1.29 is 9.59 Å². The van der Waals surface area contributed by atoms with E-state index in [0.717, 1.165) is 32.0 Å². The van der Waals surface area contributed by atoms with E-state index in [2.05, 4.69) is 108 Å². The van der Waals surface area contributed by atoms with Crippen LogP contribution in [0.3, 0.4) is 0 Å². The van der Waals surface area contributed by atoms with E-state index in [1.165, 1.54) is 28.8 Å². The van der Waals surface area contributed by atoms with Gasteiger partial charge in [-0.3, -0.25) is 9.59 Å². The number of ketones is 2. The molecule has 0 fully saturated rings. The number of aromatic nitrogens is 1. The fourth-order valence-corrected chi connectivity index (χ4v) is 6.89.